The van der Waals surface area contributed by atoms with Gasteiger partial charge in [-0.15, -0.1) is 0 Å². The van der Waals surface area contributed by atoms with Crippen molar-refractivity contribution in [3.8, 4) is 0 Å². The fourth-order valence-corrected chi connectivity index (χ4v) is 3.94. The Morgan fingerprint density at radius 2 is 1.00 bits per heavy atom. The molecule has 0 spiro atoms. The van der Waals surface area contributed by atoms with Gasteiger partial charge in [0.25, 0.3) is 0 Å². The summed E-state index contributed by atoms with van der Waals surface area (Å²) in [4.78, 5) is 0. The lowest BCUT2D eigenvalue weighted by Gasteiger charge is -2.45. The van der Waals surface area contributed by atoms with E-state index < -0.39 is 112 Å². The summed E-state index contributed by atoms with van der Waals surface area (Å²) in [5.41, 5.74) is 0. The van der Waals surface area contributed by atoms with Gasteiger partial charge in [0.2, 0.25) is 0 Å². The summed E-state index contributed by atoms with van der Waals surface area (Å²) in [6.45, 7) is -2.06. The van der Waals surface area contributed by atoms with Gasteiger partial charge in [-0.3, -0.25) is 0 Å². The zero-order valence-electron chi connectivity index (χ0n) is 17.7. The molecular weight excluding hydrogens is 472 g/mol. The molecule has 0 amide bonds. The van der Waals surface area contributed by atoms with Gasteiger partial charge >= 0.3 is 0 Å². The summed E-state index contributed by atoms with van der Waals surface area (Å²) in [5.74, 6) is 0. The molecule has 3 rings (SSSR count). The van der Waals surface area contributed by atoms with Crippen molar-refractivity contribution >= 4 is 0 Å². The third-order valence-corrected chi connectivity index (χ3v) is 6.07. The van der Waals surface area contributed by atoms with Gasteiger partial charge in [0.15, 0.2) is 18.9 Å². The first-order valence-corrected chi connectivity index (χ1v) is 10.6. The average Bonchev–Trinajstić information content (AvgIpc) is 2.82. The lowest BCUT2D eigenvalue weighted by molar-refractivity contribution is -0.361. The van der Waals surface area contributed by atoms with E-state index in [0.717, 1.165) is 0 Å². The van der Waals surface area contributed by atoms with Crippen molar-refractivity contribution in [1.82, 2.24) is 0 Å². The van der Waals surface area contributed by atoms with Crippen LogP contribution in [0.1, 0.15) is 0 Å². The Balaban J connectivity index is 1.65. The molecule has 0 unspecified atom stereocenters. The highest BCUT2D eigenvalue weighted by atomic mass is 16.7. The zero-order chi connectivity index (χ0) is 25.3. The molecule has 200 valence electrons. The van der Waals surface area contributed by atoms with Crippen LogP contribution in [0.4, 0.5) is 0 Å². The molecule has 3 aliphatic heterocycles. The highest BCUT2D eigenvalue weighted by molar-refractivity contribution is 4.94. The molecule has 16 heteroatoms. The number of hydrogen-bond acceptors (Lipinski definition) is 16. The Hall–Kier alpha value is -0.640. The van der Waals surface area contributed by atoms with Gasteiger partial charge in [0.1, 0.15) is 73.2 Å². The Labute approximate surface area is 192 Å². The molecule has 0 radical (unpaired) electrons. The van der Waals surface area contributed by atoms with Crippen LogP contribution in [0.3, 0.4) is 0 Å². The van der Waals surface area contributed by atoms with Crippen LogP contribution in [0.25, 0.3) is 0 Å². The normalized spacial score (nSPS) is 52.5. The number of aliphatic hydroxyl groups is 11. The molecule has 0 aromatic heterocycles. The summed E-state index contributed by atoms with van der Waals surface area (Å²) in [6, 6.07) is 0. The second-order valence-electron chi connectivity index (χ2n) is 8.37. The van der Waals surface area contributed by atoms with Crippen molar-refractivity contribution in [2.24, 2.45) is 0 Å². The Morgan fingerprint density at radius 3 is 1.53 bits per heavy atom. The molecule has 0 bridgehead atoms. The van der Waals surface area contributed by atoms with E-state index in [9.17, 15) is 56.2 Å². The Morgan fingerprint density at radius 1 is 0.500 bits per heavy atom. The van der Waals surface area contributed by atoms with Crippen molar-refractivity contribution < 1.29 is 79.9 Å². The van der Waals surface area contributed by atoms with Gasteiger partial charge in [-0.1, -0.05) is 0 Å². The maximum absolute atomic E-state index is 10.6. The molecule has 3 saturated heterocycles. The van der Waals surface area contributed by atoms with E-state index in [1.807, 2.05) is 0 Å². The van der Waals surface area contributed by atoms with Gasteiger partial charge in [-0.25, -0.2) is 0 Å². The maximum Gasteiger partial charge on any atom is 0.187 e. The van der Waals surface area contributed by atoms with Crippen LogP contribution < -0.4 is 0 Å². The summed E-state index contributed by atoms with van der Waals surface area (Å²) in [7, 11) is 0. The summed E-state index contributed by atoms with van der Waals surface area (Å²) in [5, 5.41) is 109. The first-order valence-electron chi connectivity index (χ1n) is 10.6. The molecule has 3 heterocycles. The van der Waals surface area contributed by atoms with Gasteiger partial charge in [0, 0.05) is 0 Å². The minimum atomic E-state index is -1.93. The maximum atomic E-state index is 10.6. The van der Waals surface area contributed by atoms with Crippen LogP contribution in [0.15, 0.2) is 0 Å². The molecule has 0 aromatic rings. The van der Waals surface area contributed by atoms with Crippen LogP contribution in [0.5, 0.6) is 0 Å². The largest absolute Gasteiger partial charge is 0.394 e. The monoisotopic (exact) mass is 504 g/mol. The lowest BCUT2D eigenvalue weighted by atomic mass is 9.97. The zero-order valence-corrected chi connectivity index (χ0v) is 17.7. The number of hydrogen-bond donors (Lipinski definition) is 11. The molecular formula is C18H32O16. The number of aliphatic hydroxyl groups excluding tert-OH is 11. The average molecular weight is 504 g/mol. The van der Waals surface area contributed by atoms with Crippen LogP contribution in [0, 0.1) is 0 Å². The summed E-state index contributed by atoms with van der Waals surface area (Å²) in [6.07, 6.45) is -24.9. The van der Waals surface area contributed by atoms with Crippen molar-refractivity contribution in [2.45, 2.75) is 92.1 Å². The van der Waals surface area contributed by atoms with Crippen molar-refractivity contribution in [3.05, 3.63) is 0 Å². The van der Waals surface area contributed by atoms with Crippen LogP contribution in [0.2, 0.25) is 0 Å². The first kappa shape index (κ1) is 27.9. The summed E-state index contributed by atoms with van der Waals surface area (Å²) < 4.78 is 26.1. The SMILES string of the molecule is OC[C@H]1O[C@@H](OC[C@H]2O[C@@H](O)[C@H](O)[C@@H](O[C@@H]3O[C@H](CO)[C@@H](O)[C@H](O)[C@H]3O)[C@H]2O)[C@H](O)[C@@H](O)[C@H]1O. The molecule has 16 nitrogen and oxygen atoms in total. The standard InChI is InChI=1S/C18H32O16/c19-1-4-7(21)10(24)12(26)17(32-4)30-3-6-9(23)15(14(28)16(29)31-6)34-18-13(27)11(25)8(22)5(2-20)33-18/h4-29H,1-3H2/t4-,5-,6-,7+,8-,9+,10+,11+,12-,13-,14-,15+,16-,17-,18+/m1/s1. The predicted octanol–water partition coefficient (Wildman–Crippen LogP) is -7.57. The van der Waals surface area contributed by atoms with Crippen molar-refractivity contribution in [1.29, 1.82) is 0 Å². The fraction of sp³-hybridized carbons (Fsp3) is 1.00. The second kappa shape index (κ2) is 11.6. The van der Waals surface area contributed by atoms with E-state index in [1.165, 1.54) is 0 Å². The molecule has 15 atom stereocenters. The molecule has 0 aromatic carbocycles. The predicted molar refractivity (Wildman–Crippen MR) is 101 cm³/mol. The van der Waals surface area contributed by atoms with E-state index in [0.29, 0.717) is 0 Å². The minimum absolute atomic E-state index is 0.609. The highest BCUT2D eigenvalue weighted by Crippen LogP contribution is 2.29. The molecule has 11 N–H and O–H groups in total. The third kappa shape index (κ3) is 5.52. The quantitative estimate of drug-likeness (QED) is 0.154. The Kier molecular flexibility index (Phi) is 9.54. The van der Waals surface area contributed by atoms with Gasteiger partial charge in [0.05, 0.1) is 19.8 Å². The summed E-state index contributed by atoms with van der Waals surface area (Å²) >= 11 is 0. The van der Waals surface area contributed by atoms with Gasteiger partial charge < -0.3 is 79.9 Å². The smallest absolute Gasteiger partial charge is 0.187 e. The fourth-order valence-electron chi connectivity index (χ4n) is 3.94. The molecule has 0 saturated carbocycles. The van der Waals surface area contributed by atoms with Crippen LogP contribution in [-0.2, 0) is 23.7 Å². The van der Waals surface area contributed by atoms with E-state index in [-0.39, 0.29) is 0 Å². The number of rotatable bonds is 7. The highest BCUT2D eigenvalue weighted by Gasteiger charge is 2.51. The van der Waals surface area contributed by atoms with Crippen molar-refractivity contribution in [3.63, 3.8) is 0 Å². The van der Waals surface area contributed by atoms with Gasteiger partial charge in [-0.05, 0) is 0 Å². The third-order valence-electron chi connectivity index (χ3n) is 6.07. The van der Waals surface area contributed by atoms with E-state index in [1.54, 1.807) is 0 Å². The Bertz CT molecular complexity index is 637. The first-order chi connectivity index (χ1) is 16.0. The lowest BCUT2D eigenvalue weighted by Crippen LogP contribution is -2.65. The second-order valence-corrected chi connectivity index (χ2v) is 8.37. The molecule has 0 aliphatic carbocycles. The molecule has 3 aliphatic rings. The molecule has 3 fully saturated rings. The minimum Gasteiger partial charge on any atom is -0.394 e. The van der Waals surface area contributed by atoms with E-state index in [4.69, 9.17) is 23.7 Å². The van der Waals surface area contributed by atoms with Gasteiger partial charge in [-0.2, -0.15) is 0 Å². The molecule has 34 heavy (non-hydrogen) atoms. The number of ether oxygens (including phenoxy) is 5. The van der Waals surface area contributed by atoms with E-state index in [2.05, 4.69) is 0 Å². The van der Waals surface area contributed by atoms with Crippen LogP contribution in [-0.4, -0.2) is 168 Å². The van der Waals surface area contributed by atoms with Crippen molar-refractivity contribution in [2.75, 3.05) is 19.8 Å². The van der Waals surface area contributed by atoms with Crippen LogP contribution >= 0.6 is 0 Å². The topological polar surface area (TPSA) is 269 Å². The van der Waals surface area contributed by atoms with E-state index >= 15 is 0 Å².